The van der Waals surface area contributed by atoms with Gasteiger partial charge < -0.3 is 15.4 Å². The summed E-state index contributed by atoms with van der Waals surface area (Å²) in [5.41, 5.74) is 8.40. The van der Waals surface area contributed by atoms with Gasteiger partial charge >= 0.3 is 0 Å². The first-order valence-corrected chi connectivity index (χ1v) is 6.68. The Labute approximate surface area is 111 Å². The molecule has 0 amide bonds. The molecule has 2 N–H and O–H groups in total. The SMILES string of the molecule is CCN(CC(C)C)c1cccc(OC)c1[C@H](C)N. The van der Waals surface area contributed by atoms with E-state index in [9.17, 15) is 0 Å². The lowest BCUT2D eigenvalue weighted by Gasteiger charge is -2.29. The van der Waals surface area contributed by atoms with Crippen LogP contribution in [0.5, 0.6) is 5.75 Å². The van der Waals surface area contributed by atoms with Gasteiger partial charge in [-0.15, -0.1) is 0 Å². The van der Waals surface area contributed by atoms with Gasteiger partial charge in [-0.1, -0.05) is 19.9 Å². The van der Waals surface area contributed by atoms with Crippen molar-refractivity contribution in [3.63, 3.8) is 0 Å². The summed E-state index contributed by atoms with van der Waals surface area (Å²) in [5.74, 6) is 1.50. The number of ether oxygens (including phenoxy) is 1. The van der Waals surface area contributed by atoms with E-state index in [1.54, 1.807) is 7.11 Å². The van der Waals surface area contributed by atoms with Crippen molar-refractivity contribution in [2.24, 2.45) is 11.7 Å². The van der Waals surface area contributed by atoms with Gasteiger partial charge in [0.2, 0.25) is 0 Å². The summed E-state index contributed by atoms with van der Waals surface area (Å²) in [7, 11) is 1.70. The normalized spacial score (nSPS) is 12.6. The number of methoxy groups -OCH3 is 1. The molecule has 3 nitrogen and oxygen atoms in total. The van der Waals surface area contributed by atoms with Gasteiger partial charge in [0.1, 0.15) is 5.75 Å². The second-order valence-electron chi connectivity index (χ2n) is 5.11. The molecule has 0 radical (unpaired) electrons. The first-order valence-electron chi connectivity index (χ1n) is 6.68. The van der Waals surface area contributed by atoms with Crippen LogP contribution in [0.25, 0.3) is 0 Å². The standard InChI is InChI=1S/C15H26N2O/c1-6-17(10-11(2)3)13-8-7-9-14(18-5)15(13)12(4)16/h7-9,11-12H,6,10,16H2,1-5H3/t12-/m0/s1. The van der Waals surface area contributed by atoms with Crippen LogP contribution in [0.1, 0.15) is 39.3 Å². The number of hydrogen-bond donors (Lipinski definition) is 1. The number of anilines is 1. The Morgan fingerprint density at radius 2 is 1.94 bits per heavy atom. The molecule has 1 atom stereocenters. The van der Waals surface area contributed by atoms with Crippen LogP contribution in [0.4, 0.5) is 5.69 Å². The molecule has 0 bridgehead atoms. The summed E-state index contributed by atoms with van der Waals surface area (Å²) in [4.78, 5) is 2.37. The predicted molar refractivity (Wildman–Crippen MR) is 78.3 cm³/mol. The topological polar surface area (TPSA) is 38.5 Å². The zero-order valence-electron chi connectivity index (χ0n) is 12.2. The molecule has 0 saturated heterocycles. The average molecular weight is 250 g/mol. The lowest BCUT2D eigenvalue weighted by atomic mass is 10.0. The van der Waals surface area contributed by atoms with Crippen molar-refractivity contribution in [3.05, 3.63) is 23.8 Å². The Bertz CT molecular complexity index is 375. The molecule has 0 aromatic heterocycles. The van der Waals surface area contributed by atoms with Gasteiger partial charge in [-0.2, -0.15) is 0 Å². The molecule has 3 heteroatoms. The minimum atomic E-state index is -0.0302. The lowest BCUT2D eigenvalue weighted by Crippen LogP contribution is -2.29. The highest BCUT2D eigenvalue weighted by Gasteiger charge is 2.17. The molecule has 0 aliphatic carbocycles. The number of rotatable bonds is 6. The Hall–Kier alpha value is -1.22. The first kappa shape index (κ1) is 14.8. The highest BCUT2D eigenvalue weighted by Crippen LogP contribution is 2.33. The maximum Gasteiger partial charge on any atom is 0.125 e. The zero-order chi connectivity index (χ0) is 13.7. The molecular weight excluding hydrogens is 224 g/mol. The molecule has 0 unspecified atom stereocenters. The van der Waals surface area contributed by atoms with Crippen molar-refractivity contribution in [1.29, 1.82) is 0 Å². The number of hydrogen-bond acceptors (Lipinski definition) is 3. The molecule has 0 aliphatic rings. The van der Waals surface area contributed by atoms with Crippen LogP contribution in [-0.2, 0) is 0 Å². The summed E-state index contributed by atoms with van der Waals surface area (Å²) in [6.07, 6.45) is 0. The van der Waals surface area contributed by atoms with Gasteiger partial charge in [0.05, 0.1) is 7.11 Å². The second kappa shape index (κ2) is 6.64. The van der Waals surface area contributed by atoms with E-state index in [1.165, 1.54) is 5.69 Å². The van der Waals surface area contributed by atoms with Crippen LogP contribution in [0, 0.1) is 5.92 Å². The second-order valence-corrected chi connectivity index (χ2v) is 5.11. The highest BCUT2D eigenvalue weighted by atomic mass is 16.5. The summed E-state index contributed by atoms with van der Waals surface area (Å²) in [5, 5.41) is 0. The van der Waals surface area contributed by atoms with Crippen LogP contribution in [-0.4, -0.2) is 20.2 Å². The summed E-state index contributed by atoms with van der Waals surface area (Å²) >= 11 is 0. The van der Waals surface area contributed by atoms with Gasteiger partial charge in [-0.05, 0) is 31.9 Å². The van der Waals surface area contributed by atoms with E-state index in [0.29, 0.717) is 5.92 Å². The van der Waals surface area contributed by atoms with Gasteiger partial charge in [-0.25, -0.2) is 0 Å². The fourth-order valence-electron chi connectivity index (χ4n) is 2.28. The smallest absolute Gasteiger partial charge is 0.125 e. The third-order valence-corrected chi connectivity index (χ3v) is 3.03. The van der Waals surface area contributed by atoms with Gasteiger partial charge in [0.25, 0.3) is 0 Å². The maximum atomic E-state index is 6.11. The average Bonchev–Trinajstić information content (AvgIpc) is 2.34. The van der Waals surface area contributed by atoms with E-state index in [-0.39, 0.29) is 6.04 Å². The minimum Gasteiger partial charge on any atom is -0.496 e. The molecule has 102 valence electrons. The molecular formula is C15H26N2O. The van der Waals surface area contributed by atoms with E-state index >= 15 is 0 Å². The molecule has 1 rings (SSSR count). The number of nitrogens with zero attached hydrogens (tertiary/aromatic N) is 1. The van der Waals surface area contributed by atoms with Gasteiger partial charge in [0.15, 0.2) is 0 Å². The Balaban J connectivity index is 3.20. The fraction of sp³-hybridized carbons (Fsp3) is 0.600. The molecule has 1 aromatic rings. The predicted octanol–water partition coefficient (Wildman–Crippen LogP) is 3.20. The van der Waals surface area contributed by atoms with E-state index in [0.717, 1.165) is 24.4 Å². The largest absolute Gasteiger partial charge is 0.496 e. The Kier molecular flexibility index (Phi) is 5.48. The highest BCUT2D eigenvalue weighted by molar-refractivity contribution is 5.60. The van der Waals surface area contributed by atoms with Crippen LogP contribution in [0.2, 0.25) is 0 Å². The van der Waals surface area contributed by atoms with Crippen LogP contribution in [0.15, 0.2) is 18.2 Å². The van der Waals surface area contributed by atoms with Crippen molar-refractivity contribution in [1.82, 2.24) is 0 Å². The molecule has 18 heavy (non-hydrogen) atoms. The number of benzene rings is 1. The minimum absolute atomic E-state index is 0.0302. The molecule has 0 saturated carbocycles. The molecule has 0 fully saturated rings. The van der Waals surface area contributed by atoms with Crippen molar-refractivity contribution < 1.29 is 4.74 Å². The molecule has 1 aromatic carbocycles. The fourth-order valence-corrected chi connectivity index (χ4v) is 2.28. The summed E-state index contributed by atoms with van der Waals surface area (Å²) in [6, 6.07) is 6.11. The van der Waals surface area contributed by atoms with Crippen LogP contribution >= 0.6 is 0 Å². The zero-order valence-corrected chi connectivity index (χ0v) is 12.2. The monoisotopic (exact) mass is 250 g/mol. The van der Waals surface area contributed by atoms with Crippen LogP contribution < -0.4 is 15.4 Å². The molecule has 0 spiro atoms. The maximum absolute atomic E-state index is 6.11. The Morgan fingerprint density at radius 1 is 1.28 bits per heavy atom. The van der Waals surface area contributed by atoms with E-state index in [1.807, 2.05) is 19.1 Å². The molecule has 0 aliphatic heterocycles. The van der Waals surface area contributed by atoms with E-state index in [4.69, 9.17) is 10.5 Å². The summed E-state index contributed by atoms with van der Waals surface area (Å²) in [6.45, 7) is 10.6. The van der Waals surface area contributed by atoms with Crippen molar-refractivity contribution in [3.8, 4) is 5.75 Å². The van der Waals surface area contributed by atoms with E-state index in [2.05, 4.69) is 31.7 Å². The van der Waals surface area contributed by atoms with Gasteiger partial charge in [0, 0.05) is 30.4 Å². The van der Waals surface area contributed by atoms with Crippen molar-refractivity contribution in [2.75, 3.05) is 25.1 Å². The third-order valence-electron chi connectivity index (χ3n) is 3.03. The lowest BCUT2D eigenvalue weighted by molar-refractivity contribution is 0.406. The Morgan fingerprint density at radius 3 is 2.39 bits per heavy atom. The number of nitrogens with two attached hydrogens (primary N) is 1. The third kappa shape index (κ3) is 3.39. The summed E-state index contributed by atoms with van der Waals surface area (Å²) < 4.78 is 5.44. The van der Waals surface area contributed by atoms with Crippen LogP contribution in [0.3, 0.4) is 0 Å². The van der Waals surface area contributed by atoms with E-state index < -0.39 is 0 Å². The van der Waals surface area contributed by atoms with Crippen molar-refractivity contribution in [2.45, 2.75) is 33.7 Å². The first-order chi connectivity index (χ1) is 8.51. The quantitative estimate of drug-likeness (QED) is 0.842. The van der Waals surface area contributed by atoms with Gasteiger partial charge in [-0.3, -0.25) is 0 Å². The molecule has 0 heterocycles. The van der Waals surface area contributed by atoms with Crippen molar-refractivity contribution >= 4 is 5.69 Å².